The lowest BCUT2D eigenvalue weighted by Crippen LogP contribution is -2.45. The molecule has 0 amide bonds. The van der Waals surface area contributed by atoms with E-state index in [2.05, 4.69) is 5.32 Å². The molecule has 0 aliphatic carbocycles. The largest absolute Gasteiger partial charge is 0.329 e. The molecule has 3 N–H and O–H groups in total. The minimum absolute atomic E-state index is 0.249. The minimum Gasteiger partial charge on any atom is -0.329 e. The maximum Gasteiger partial charge on any atom is 0.130 e. The highest BCUT2D eigenvalue weighted by Gasteiger charge is 2.15. The van der Waals surface area contributed by atoms with Gasteiger partial charge in [0.2, 0.25) is 0 Å². The summed E-state index contributed by atoms with van der Waals surface area (Å²) < 4.78 is 25.8. The monoisotopic (exact) mass is 214 g/mol. The van der Waals surface area contributed by atoms with E-state index in [4.69, 9.17) is 5.73 Å². The van der Waals surface area contributed by atoms with Crippen molar-refractivity contribution in [3.05, 3.63) is 35.4 Å². The lowest BCUT2D eigenvalue weighted by atomic mass is 10.1. The maximum atomic E-state index is 13.2. The quantitative estimate of drug-likeness (QED) is 0.802. The van der Waals surface area contributed by atoms with Gasteiger partial charge in [0.25, 0.3) is 0 Å². The molecule has 1 rings (SSSR count). The Morgan fingerprint density at radius 1 is 1.33 bits per heavy atom. The van der Waals surface area contributed by atoms with Gasteiger partial charge >= 0.3 is 0 Å². The van der Waals surface area contributed by atoms with Crippen molar-refractivity contribution in [2.75, 3.05) is 6.54 Å². The van der Waals surface area contributed by atoms with Gasteiger partial charge < -0.3 is 11.1 Å². The van der Waals surface area contributed by atoms with E-state index < -0.39 is 11.6 Å². The van der Waals surface area contributed by atoms with Crippen molar-refractivity contribution in [1.29, 1.82) is 0 Å². The van der Waals surface area contributed by atoms with Gasteiger partial charge in [-0.25, -0.2) is 8.78 Å². The van der Waals surface area contributed by atoms with Crippen LogP contribution in [0.5, 0.6) is 0 Å². The number of rotatable bonds is 4. The van der Waals surface area contributed by atoms with E-state index in [0.29, 0.717) is 18.7 Å². The van der Waals surface area contributed by atoms with Crippen molar-refractivity contribution in [2.45, 2.75) is 25.9 Å². The number of hydrogen-bond donors (Lipinski definition) is 2. The van der Waals surface area contributed by atoms with Crippen molar-refractivity contribution in [3.63, 3.8) is 0 Å². The van der Waals surface area contributed by atoms with Crippen molar-refractivity contribution < 1.29 is 8.78 Å². The molecule has 15 heavy (non-hydrogen) atoms. The zero-order valence-electron chi connectivity index (χ0n) is 8.98. The van der Waals surface area contributed by atoms with Gasteiger partial charge in [-0.2, -0.15) is 0 Å². The number of nitrogens with two attached hydrogens (primary N) is 1. The zero-order chi connectivity index (χ0) is 11.5. The van der Waals surface area contributed by atoms with Crippen LogP contribution in [0.1, 0.15) is 19.4 Å². The van der Waals surface area contributed by atoms with Gasteiger partial charge in [-0.3, -0.25) is 0 Å². The van der Waals surface area contributed by atoms with E-state index in [1.807, 2.05) is 13.8 Å². The average Bonchev–Trinajstić information content (AvgIpc) is 2.16. The van der Waals surface area contributed by atoms with Crippen LogP contribution >= 0.6 is 0 Å². The third kappa shape index (κ3) is 3.57. The summed E-state index contributed by atoms with van der Waals surface area (Å²) in [5, 5.41) is 3.10. The minimum atomic E-state index is -0.561. The van der Waals surface area contributed by atoms with Crippen LogP contribution in [0, 0.1) is 11.6 Å². The molecule has 0 radical (unpaired) electrons. The lowest BCUT2D eigenvalue weighted by Gasteiger charge is -2.24. The molecule has 0 aliphatic rings. The Balaban J connectivity index is 2.66. The molecule has 0 fully saturated rings. The Bertz CT molecular complexity index is 337. The molecule has 1 aromatic carbocycles. The summed E-state index contributed by atoms with van der Waals surface area (Å²) in [6, 6.07) is 3.56. The van der Waals surface area contributed by atoms with Crippen molar-refractivity contribution in [1.82, 2.24) is 5.32 Å². The van der Waals surface area contributed by atoms with Crippen molar-refractivity contribution >= 4 is 0 Å². The van der Waals surface area contributed by atoms with Gasteiger partial charge in [-0.15, -0.1) is 0 Å². The molecule has 0 bridgehead atoms. The zero-order valence-corrected chi connectivity index (χ0v) is 8.98. The molecule has 1 aromatic rings. The van der Waals surface area contributed by atoms with Crippen LogP contribution in [-0.4, -0.2) is 12.1 Å². The molecule has 0 saturated carbocycles. The Morgan fingerprint density at radius 3 is 2.53 bits per heavy atom. The van der Waals surface area contributed by atoms with Crippen LogP contribution in [0.15, 0.2) is 18.2 Å². The summed E-state index contributed by atoms with van der Waals surface area (Å²) >= 11 is 0. The van der Waals surface area contributed by atoms with Gasteiger partial charge in [0.1, 0.15) is 11.6 Å². The Kier molecular flexibility index (Phi) is 3.77. The fraction of sp³-hybridized carbons (Fsp3) is 0.455. The van der Waals surface area contributed by atoms with E-state index in [1.54, 1.807) is 0 Å². The van der Waals surface area contributed by atoms with E-state index >= 15 is 0 Å². The van der Waals surface area contributed by atoms with Crippen LogP contribution in [0.3, 0.4) is 0 Å². The fourth-order valence-corrected chi connectivity index (χ4v) is 1.07. The van der Waals surface area contributed by atoms with Crippen molar-refractivity contribution in [2.24, 2.45) is 5.73 Å². The second-order valence-electron chi connectivity index (χ2n) is 4.18. The van der Waals surface area contributed by atoms with Gasteiger partial charge in [0, 0.05) is 30.3 Å². The highest BCUT2D eigenvalue weighted by Crippen LogP contribution is 2.10. The predicted octanol–water partition coefficient (Wildman–Crippen LogP) is 1.79. The molecular weight excluding hydrogens is 198 g/mol. The number of benzene rings is 1. The lowest BCUT2D eigenvalue weighted by molar-refractivity contribution is 0.392. The summed E-state index contributed by atoms with van der Waals surface area (Å²) in [6.45, 7) is 4.65. The number of halogens is 2. The summed E-state index contributed by atoms with van der Waals surface area (Å²) in [7, 11) is 0. The smallest absolute Gasteiger partial charge is 0.130 e. The SMILES string of the molecule is CC(C)(CN)NCc1ccc(F)cc1F. The van der Waals surface area contributed by atoms with E-state index in [1.165, 1.54) is 12.1 Å². The highest BCUT2D eigenvalue weighted by molar-refractivity contribution is 5.18. The molecule has 0 saturated heterocycles. The maximum absolute atomic E-state index is 13.2. The van der Waals surface area contributed by atoms with Crippen LogP contribution in [-0.2, 0) is 6.54 Å². The topological polar surface area (TPSA) is 38.0 Å². The first-order valence-corrected chi connectivity index (χ1v) is 4.83. The van der Waals surface area contributed by atoms with E-state index in [-0.39, 0.29) is 5.54 Å². The second-order valence-corrected chi connectivity index (χ2v) is 4.18. The summed E-state index contributed by atoms with van der Waals surface area (Å²) in [6.07, 6.45) is 0. The van der Waals surface area contributed by atoms with Gasteiger partial charge in [0.05, 0.1) is 0 Å². The fourth-order valence-electron chi connectivity index (χ4n) is 1.07. The van der Waals surface area contributed by atoms with E-state index in [9.17, 15) is 8.78 Å². The van der Waals surface area contributed by atoms with Crippen molar-refractivity contribution in [3.8, 4) is 0 Å². The third-order valence-corrected chi connectivity index (χ3v) is 2.28. The highest BCUT2D eigenvalue weighted by atomic mass is 19.1. The van der Waals surface area contributed by atoms with Gasteiger partial charge in [0.15, 0.2) is 0 Å². The summed E-state index contributed by atoms with van der Waals surface area (Å²) in [5.41, 5.74) is 5.71. The van der Waals surface area contributed by atoms with Gasteiger partial charge in [-0.1, -0.05) is 6.07 Å². The summed E-state index contributed by atoms with van der Waals surface area (Å²) in [5.74, 6) is -1.09. The standard InChI is InChI=1S/C11H16F2N2/c1-11(2,7-14)15-6-8-3-4-9(12)5-10(8)13/h3-5,15H,6-7,14H2,1-2H3. The molecular formula is C11H16F2N2. The number of nitrogens with one attached hydrogen (secondary N) is 1. The molecule has 0 heterocycles. The molecule has 0 atom stereocenters. The molecule has 0 spiro atoms. The third-order valence-electron chi connectivity index (χ3n) is 2.28. The second kappa shape index (κ2) is 4.68. The van der Waals surface area contributed by atoms with Crippen LogP contribution < -0.4 is 11.1 Å². The first-order valence-electron chi connectivity index (χ1n) is 4.83. The van der Waals surface area contributed by atoms with Crippen LogP contribution in [0.2, 0.25) is 0 Å². The molecule has 0 aromatic heterocycles. The Hall–Kier alpha value is -1.00. The average molecular weight is 214 g/mol. The molecule has 84 valence electrons. The predicted molar refractivity (Wildman–Crippen MR) is 56.3 cm³/mol. The Morgan fingerprint density at radius 2 is 2.00 bits per heavy atom. The molecule has 4 heteroatoms. The molecule has 2 nitrogen and oxygen atoms in total. The first kappa shape index (κ1) is 12.1. The molecule has 0 aliphatic heterocycles. The van der Waals surface area contributed by atoms with Gasteiger partial charge in [-0.05, 0) is 19.9 Å². The van der Waals surface area contributed by atoms with E-state index in [0.717, 1.165) is 6.07 Å². The Labute approximate surface area is 88.5 Å². The number of hydrogen-bond acceptors (Lipinski definition) is 2. The van der Waals surface area contributed by atoms with Crippen LogP contribution in [0.25, 0.3) is 0 Å². The normalized spacial score (nSPS) is 11.8. The van der Waals surface area contributed by atoms with Crippen LogP contribution in [0.4, 0.5) is 8.78 Å². The molecule has 0 unspecified atom stereocenters. The summed E-state index contributed by atoms with van der Waals surface area (Å²) in [4.78, 5) is 0. The first-order chi connectivity index (χ1) is 6.94.